The number of carbonyl (C=O) groups is 1. The van der Waals surface area contributed by atoms with Crippen molar-refractivity contribution in [2.24, 2.45) is 0 Å². The van der Waals surface area contributed by atoms with E-state index < -0.39 is 6.10 Å². The summed E-state index contributed by atoms with van der Waals surface area (Å²) in [5.41, 5.74) is 2.31. The van der Waals surface area contributed by atoms with Gasteiger partial charge < -0.3 is 14.8 Å². The van der Waals surface area contributed by atoms with Gasteiger partial charge in [0, 0.05) is 0 Å². The van der Waals surface area contributed by atoms with Gasteiger partial charge in [0.1, 0.15) is 11.5 Å². The molecule has 0 saturated carbocycles. The highest BCUT2D eigenvalue weighted by atomic mass is 16.5. The number of hydrogen-bond acceptors (Lipinski definition) is 3. The average molecular weight is 327 g/mol. The Kier molecular flexibility index (Phi) is 6.24. The molecule has 0 radical (unpaired) electrons. The predicted octanol–water partition coefficient (Wildman–Crippen LogP) is 4.04. The molecule has 2 atom stereocenters. The van der Waals surface area contributed by atoms with Gasteiger partial charge in [0.15, 0.2) is 6.10 Å². The fourth-order valence-electron chi connectivity index (χ4n) is 2.42. The first-order chi connectivity index (χ1) is 11.5. The number of carbonyl (C=O) groups excluding carboxylic acids is 1. The molecule has 0 fully saturated rings. The lowest BCUT2D eigenvalue weighted by Gasteiger charge is -2.21. The van der Waals surface area contributed by atoms with Gasteiger partial charge in [-0.05, 0) is 50.1 Å². The molecule has 2 rings (SSSR count). The Labute approximate surface area is 143 Å². The first-order valence-corrected chi connectivity index (χ1v) is 8.21. The molecule has 24 heavy (non-hydrogen) atoms. The van der Waals surface area contributed by atoms with E-state index in [4.69, 9.17) is 9.47 Å². The first-order valence-electron chi connectivity index (χ1n) is 8.21. The van der Waals surface area contributed by atoms with E-state index in [1.54, 1.807) is 38.3 Å². The zero-order chi connectivity index (χ0) is 17.5. The molecule has 0 aromatic heterocycles. The summed E-state index contributed by atoms with van der Waals surface area (Å²) in [5, 5.41) is 3.06. The van der Waals surface area contributed by atoms with Gasteiger partial charge in [-0.25, -0.2) is 0 Å². The van der Waals surface area contributed by atoms with E-state index in [0.717, 1.165) is 17.7 Å². The van der Waals surface area contributed by atoms with Crippen LogP contribution in [0.4, 0.5) is 0 Å². The van der Waals surface area contributed by atoms with E-state index in [1.807, 2.05) is 6.92 Å². The van der Waals surface area contributed by atoms with Crippen molar-refractivity contribution in [3.05, 3.63) is 59.7 Å². The van der Waals surface area contributed by atoms with E-state index in [-0.39, 0.29) is 11.9 Å². The Morgan fingerprint density at radius 3 is 2.17 bits per heavy atom. The van der Waals surface area contributed by atoms with Crippen LogP contribution >= 0.6 is 0 Å². The molecule has 0 aliphatic carbocycles. The zero-order valence-corrected chi connectivity index (χ0v) is 14.7. The largest absolute Gasteiger partial charge is 0.497 e. The second-order valence-electron chi connectivity index (χ2n) is 5.82. The average Bonchev–Trinajstić information content (AvgIpc) is 2.61. The van der Waals surface area contributed by atoms with Crippen LogP contribution in [0.1, 0.15) is 37.4 Å². The summed E-state index contributed by atoms with van der Waals surface area (Å²) in [5.74, 6) is 1.27. The summed E-state index contributed by atoms with van der Waals surface area (Å²) in [4.78, 5) is 12.4. The van der Waals surface area contributed by atoms with Gasteiger partial charge >= 0.3 is 0 Å². The normalized spacial score (nSPS) is 13.0. The molecule has 2 aromatic rings. The molecule has 0 aliphatic heterocycles. The highest BCUT2D eigenvalue weighted by Gasteiger charge is 2.19. The number of methoxy groups -OCH3 is 1. The Balaban J connectivity index is 1.97. The molecule has 1 N–H and O–H groups in total. The second kappa shape index (κ2) is 8.39. The van der Waals surface area contributed by atoms with Gasteiger partial charge in [0.2, 0.25) is 0 Å². The van der Waals surface area contributed by atoms with Crippen LogP contribution < -0.4 is 14.8 Å². The molecule has 128 valence electrons. The van der Waals surface area contributed by atoms with Gasteiger partial charge in [0.05, 0.1) is 13.2 Å². The van der Waals surface area contributed by atoms with Gasteiger partial charge in [-0.1, -0.05) is 36.8 Å². The zero-order valence-electron chi connectivity index (χ0n) is 14.7. The summed E-state index contributed by atoms with van der Waals surface area (Å²) >= 11 is 0. The van der Waals surface area contributed by atoms with Crippen LogP contribution in [-0.2, 0) is 4.79 Å². The fourth-order valence-corrected chi connectivity index (χ4v) is 2.42. The Morgan fingerprint density at radius 2 is 1.62 bits per heavy atom. The minimum Gasteiger partial charge on any atom is -0.497 e. The van der Waals surface area contributed by atoms with Crippen LogP contribution in [0.5, 0.6) is 11.5 Å². The van der Waals surface area contributed by atoms with E-state index in [0.29, 0.717) is 5.75 Å². The van der Waals surface area contributed by atoms with Gasteiger partial charge in [-0.3, -0.25) is 4.79 Å². The number of rotatable bonds is 7. The molecular weight excluding hydrogens is 302 g/mol. The minimum absolute atomic E-state index is 0.0139. The molecule has 4 heteroatoms. The quantitative estimate of drug-likeness (QED) is 0.835. The predicted molar refractivity (Wildman–Crippen MR) is 95.4 cm³/mol. The maximum absolute atomic E-state index is 12.4. The molecule has 0 bridgehead atoms. The Hall–Kier alpha value is -2.49. The SMILES string of the molecule is CC[C@H](NC(=O)[C@H](C)Oc1ccc(OC)cc1)c1ccc(C)cc1. The van der Waals surface area contributed by atoms with E-state index in [1.165, 1.54) is 5.56 Å². The van der Waals surface area contributed by atoms with Crippen molar-refractivity contribution in [1.82, 2.24) is 5.32 Å². The topological polar surface area (TPSA) is 47.6 Å². The van der Waals surface area contributed by atoms with Crippen LogP contribution in [-0.4, -0.2) is 19.1 Å². The third-order valence-corrected chi connectivity index (χ3v) is 3.95. The summed E-state index contributed by atoms with van der Waals surface area (Å²) in [7, 11) is 1.61. The number of ether oxygens (including phenoxy) is 2. The maximum atomic E-state index is 12.4. The smallest absolute Gasteiger partial charge is 0.261 e. The van der Waals surface area contributed by atoms with Crippen molar-refractivity contribution in [3.63, 3.8) is 0 Å². The maximum Gasteiger partial charge on any atom is 0.261 e. The molecule has 2 aromatic carbocycles. The molecule has 0 spiro atoms. The monoisotopic (exact) mass is 327 g/mol. The molecule has 0 unspecified atom stereocenters. The highest BCUT2D eigenvalue weighted by Crippen LogP contribution is 2.20. The van der Waals surface area contributed by atoms with Crippen molar-refractivity contribution in [3.8, 4) is 11.5 Å². The fraction of sp³-hybridized carbons (Fsp3) is 0.350. The number of nitrogens with one attached hydrogen (secondary N) is 1. The lowest BCUT2D eigenvalue weighted by molar-refractivity contribution is -0.128. The van der Waals surface area contributed by atoms with Gasteiger partial charge in [-0.15, -0.1) is 0 Å². The van der Waals surface area contributed by atoms with E-state index in [2.05, 4.69) is 36.5 Å². The highest BCUT2D eigenvalue weighted by molar-refractivity contribution is 5.81. The molecule has 0 heterocycles. The molecule has 0 aliphatic rings. The third-order valence-electron chi connectivity index (χ3n) is 3.95. The van der Waals surface area contributed by atoms with Crippen molar-refractivity contribution in [2.75, 3.05) is 7.11 Å². The van der Waals surface area contributed by atoms with Crippen molar-refractivity contribution >= 4 is 5.91 Å². The van der Waals surface area contributed by atoms with Gasteiger partial charge in [-0.2, -0.15) is 0 Å². The van der Waals surface area contributed by atoms with E-state index >= 15 is 0 Å². The standard InChI is InChI=1S/C20H25NO3/c1-5-19(16-8-6-14(2)7-9-16)21-20(22)15(3)24-18-12-10-17(23-4)11-13-18/h6-13,15,19H,5H2,1-4H3,(H,21,22)/t15-,19-/m0/s1. The van der Waals surface area contributed by atoms with Gasteiger partial charge in [0.25, 0.3) is 5.91 Å². The Morgan fingerprint density at radius 1 is 1.04 bits per heavy atom. The van der Waals surface area contributed by atoms with Crippen LogP contribution in [0.2, 0.25) is 0 Å². The first kappa shape index (κ1) is 17.9. The number of amides is 1. The Bertz CT molecular complexity index is 650. The lowest BCUT2D eigenvalue weighted by atomic mass is 10.0. The number of hydrogen-bond donors (Lipinski definition) is 1. The second-order valence-corrected chi connectivity index (χ2v) is 5.82. The summed E-state index contributed by atoms with van der Waals surface area (Å²) in [6.07, 6.45) is 0.252. The lowest BCUT2D eigenvalue weighted by Crippen LogP contribution is -2.38. The van der Waals surface area contributed by atoms with Crippen molar-refractivity contribution in [1.29, 1.82) is 0 Å². The van der Waals surface area contributed by atoms with Crippen molar-refractivity contribution < 1.29 is 14.3 Å². The summed E-state index contributed by atoms with van der Waals surface area (Å²) < 4.78 is 10.8. The van der Waals surface area contributed by atoms with Crippen LogP contribution in [0.15, 0.2) is 48.5 Å². The third kappa shape index (κ3) is 4.75. The number of aryl methyl sites for hydroxylation is 1. The number of benzene rings is 2. The van der Waals surface area contributed by atoms with E-state index in [9.17, 15) is 4.79 Å². The molecular formula is C20H25NO3. The van der Waals surface area contributed by atoms with Crippen molar-refractivity contribution in [2.45, 2.75) is 39.3 Å². The molecule has 0 saturated heterocycles. The van der Waals surface area contributed by atoms with Crippen LogP contribution in [0, 0.1) is 6.92 Å². The summed E-state index contributed by atoms with van der Waals surface area (Å²) in [6.45, 7) is 5.86. The van der Waals surface area contributed by atoms with Crippen LogP contribution in [0.25, 0.3) is 0 Å². The van der Waals surface area contributed by atoms with Crippen LogP contribution in [0.3, 0.4) is 0 Å². The minimum atomic E-state index is -0.571. The summed E-state index contributed by atoms with van der Waals surface area (Å²) in [6, 6.07) is 15.4. The molecule has 4 nitrogen and oxygen atoms in total. The molecule has 1 amide bonds.